The van der Waals surface area contributed by atoms with E-state index in [1.165, 1.54) is 32.5 Å². The summed E-state index contributed by atoms with van der Waals surface area (Å²) in [6.45, 7) is 13.8. The van der Waals surface area contributed by atoms with Crippen LogP contribution in [0.5, 0.6) is 0 Å². The smallest absolute Gasteiger partial charge is 0.0153 e. The summed E-state index contributed by atoms with van der Waals surface area (Å²) in [5.41, 5.74) is 0.368. The molecule has 0 heterocycles. The minimum Gasteiger partial charge on any atom is -0.310 e. The van der Waals surface area contributed by atoms with Crippen LogP contribution in [0.4, 0.5) is 0 Å². The van der Waals surface area contributed by atoms with Crippen LogP contribution in [0.2, 0.25) is 0 Å². The van der Waals surface area contributed by atoms with Gasteiger partial charge in [0.25, 0.3) is 0 Å². The second-order valence-electron chi connectivity index (χ2n) is 4.95. The van der Waals surface area contributed by atoms with E-state index in [0.29, 0.717) is 5.54 Å². The van der Waals surface area contributed by atoms with Crippen LogP contribution in [0.1, 0.15) is 40.5 Å². The van der Waals surface area contributed by atoms with Gasteiger partial charge in [-0.15, -0.1) is 0 Å². The Kier molecular flexibility index (Phi) is 4.39. The molecule has 0 aromatic carbocycles. The molecule has 0 aliphatic heterocycles. The summed E-state index contributed by atoms with van der Waals surface area (Å²) in [7, 11) is 0. The zero-order valence-electron chi connectivity index (χ0n) is 10.3. The van der Waals surface area contributed by atoms with Gasteiger partial charge in [-0.2, -0.15) is 0 Å². The molecule has 0 saturated heterocycles. The Morgan fingerprint density at radius 3 is 2.21 bits per heavy atom. The van der Waals surface area contributed by atoms with Gasteiger partial charge in [0.05, 0.1) is 0 Å². The fourth-order valence-corrected chi connectivity index (χ4v) is 2.03. The molecule has 0 aromatic rings. The Morgan fingerprint density at radius 1 is 1.21 bits per heavy atom. The highest BCUT2D eigenvalue weighted by molar-refractivity contribution is 4.94. The Labute approximate surface area is 89.1 Å². The molecular weight excluding hydrogens is 172 g/mol. The first-order chi connectivity index (χ1) is 6.60. The van der Waals surface area contributed by atoms with Crippen LogP contribution in [-0.2, 0) is 0 Å². The second-order valence-corrected chi connectivity index (χ2v) is 4.95. The molecule has 14 heavy (non-hydrogen) atoms. The summed E-state index contributed by atoms with van der Waals surface area (Å²) >= 11 is 0. The Morgan fingerprint density at radius 2 is 1.79 bits per heavy atom. The van der Waals surface area contributed by atoms with E-state index in [9.17, 15) is 0 Å². The monoisotopic (exact) mass is 198 g/mol. The first-order valence-electron chi connectivity index (χ1n) is 6.07. The lowest BCUT2D eigenvalue weighted by Gasteiger charge is -2.28. The largest absolute Gasteiger partial charge is 0.310 e. The van der Waals surface area contributed by atoms with E-state index in [-0.39, 0.29) is 0 Å². The summed E-state index contributed by atoms with van der Waals surface area (Å²) in [5.74, 6) is 0.930. The van der Waals surface area contributed by atoms with Gasteiger partial charge >= 0.3 is 0 Å². The van der Waals surface area contributed by atoms with Crippen molar-refractivity contribution in [1.29, 1.82) is 0 Å². The van der Waals surface area contributed by atoms with Gasteiger partial charge < -0.3 is 10.2 Å². The van der Waals surface area contributed by atoms with E-state index in [4.69, 9.17) is 0 Å². The van der Waals surface area contributed by atoms with Crippen molar-refractivity contribution in [3.8, 4) is 0 Å². The van der Waals surface area contributed by atoms with Gasteiger partial charge in [-0.1, -0.05) is 13.8 Å². The fraction of sp³-hybridized carbons (Fsp3) is 1.00. The fourth-order valence-electron chi connectivity index (χ4n) is 2.03. The average molecular weight is 198 g/mol. The average Bonchev–Trinajstić information content (AvgIpc) is 2.95. The van der Waals surface area contributed by atoms with E-state index in [0.717, 1.165) is 12.5 Å². The van der Waals surface area contributed by atoms with Gasteiger partial charge in [0, 0.05) is 18.6 Å². The van der Waals surface area contributed by atoms with E-state index >= 15 is 0 Å². The van der Waals surface area contributed by atoms with Crippen molar-refractivity contribution >= 4 is 0 Å². The van der Waals surface area contributed by atoms with Gasteiger partial charge in [0.15, 0.2) is 0 Å². The predicted molar refractivity (Wildman–Crippen MR) is 62.6 cm³/mol. The number of nitrogens with one attached hydrogen (secondary N) is 1. The third-order valence-electron chi connectivity index (χ3n) is 3.50. The van der Waals surface area contributed by atoms with Crippen LogP contribution < -0.4 is 5.32 Å². The molecule has 0 radical (unpaired) electrons. The molecule has 1 saturated carbocycles. The van der Waals surface area contributed by atoms with E-state index in [1.807, 2.05) is 0 Å². The molecule has 0 bridgehead atoms. The molecule has 1 N–H and O–H groups in total. The van der Waals surface area contributed by atoms with Crippen LogP contribution in [0.25, 0.3) is 0 Å². The Balaban J connectivity index is 2.13. The minimum absolute atomic E-state index is 0.368. The van der Waals surface area contributed by atoms with Crippen molar-refractivity contribution in [1.82, 2.24) is 10.2 Å². The van der Waals surface area contributed by atoms with Crippen molar-refractivity contribution in [3.05, 3.63) is 0 Å². The number of likely N-dealkylation sites (N-methyl/N-ethyl adjacent to an activating group) is 1. The summed E-state index contributed by atoms with van der Waals surface area (Å²) in [6, 6.07) is 0. The Bertz CT molecular complexity index is 158. The molecule has 2 nitrogen and oxygen atoms in total. The lowest BCUT2D eigenvalue weighted by atomic mass is 9.99. The summed E-state index contributed by atoms with van der Waals surface area (Å²) in [4.78, 5) is 2.47. The van der Waals surface area contributed by atoms with E-state index in [2.05, 4.69) is 37.9 Å². The zero-order chi connectivity index (χ0) is 10.6. The molecule has 0 aromatic heterocycles. The highest BCUT2D eigenvalue weighted by Crippen LogP contribution is 2.38. The number of nitrogens with zero attached hydrogens (tertiary/aromatic N) is 1. The summed E-state index contributed by atoms with van der Waals surface area (Å²) < 4.78 is 0. The third-order valence-corrected chi connectivity index (χ3v) is 3.50. The van der Waals surface area contributed by atoms with Crippen molar-refractivity contribution in [2.75, 3.05) is 26.2 Å². The Hall–Kier alpha value is -0.0800. The number of hydrogen-bond acceptors (Lipinski definition) is 2. The zero-order valence-corrected chi connectivity index (χ0v) is 10.3. The lowest BCUT2D eigenvalue weighted by Crippen LogP contribution is -2.45. The first-order valence-corrected chi connectivity index (χ1v) is 6.07. The molecule has 2 heteroatoms. The summed E-state index contributed by atoms with van der Waals surface area (Å²) in [5, 5.41) is 3.68. The molecule has 1 aliphatic rings. The van der Waals surface area contributed by atoms with Crippen molar-refractivity contribution < 1.29 is 0 Å². The van der Waals surface area contributed by atoms with E-state index in [1.54, 1.807) is 0 Å². The molecular formula is C12H26N2. The van der Waals surface area contributed by atoms with Crippen LogP contribution >= 0.6 is 0 Å². The maximum absolute atomic E-state index is 3.68. The summed E-state index contributed by atoms with van der Waals surface area (Å²) in [6.07, 6.45) is 2.84. The topological polar surface area (TPSA) is 15.3 Å². The van der Waals surface area contributed by atoms with E-state index < -0.39 is 0 Å². The van der Waals surface area contributed by atoms with Crippen LogP contribution in [0.3, 0.4) is 0 Å². The van der Waals surface area contributed by atoms with Crippen LogP contribution in [0, 0.1) is 5.92 Å². The maximum atomic E-state index is 3.68. The normalized spacial score (nSPS) is 17.8. The van der Waals surface area contributed by atoms with Crippen molar-refractivity contribution in [3.63, 3.8) is 0 Å². The maximum Gasteiger partial charge on any atom is 0.0153 e. The SMILES string of the molecule is CCN(CC)CCNC(C)(C)C1CC1. The molecule has 1 fully saturated rings. The van der Waals surface area contributed by atoms with Crippen LogP contribution in [-0.4, -0.2) is 36.6 Å². The third kappa shape index (κ3) is 3.58. The van der Waals surface area contributed by atoms with Gasteiger partial charge in [-0.05, 0) is 45.7 Å². The number of rotatable bonds is 7. The standard InChI is InChI=1S/C12H26N2/c1-5-14(6-2)10-9-13-12(3,4)11-7-8-11/h11,13H,5-10H2,1-4H3. The molecule has 0 amide bonds. The molecule has 0 unspecified atom stereocenters. The highest BCUT2D eigenvalue weighted by Gasteiger charge is 2.36. The predicted octanol–water partition coefficient (Wildman–Crippen LogP) is 2.11. The van der Waals surface area contributed by atoms with Crippen molar-refractivity contribution in [2.45, 2.75) is 46.1 Å². The highest BCUT2D eigenvalue weighted by atomic mass is 15.1. The molecule has 1 rings (SSSR count). The lowest BCUT2D eigenvalue weighted by molar-refractivity contribution is 0.269. The van der Waals surface area contributed by atoms with Gasteiger partial charge in [0.2, 0.25) is 0 Å². The van der Waals surface area contributed by atoms with Gasteiger partial charge in [-0.3, -0.25) is 0 Å². The quantitative estimate of drug-likeness (QED) is 0.674. The van der Waals surface area contributed by atoms with Gasteiger partial charge in [0.1, 0.15) is 0 Å². The second kappa shape index (κ2) is 5.13. The molecule has 0 spiro atoms. The van der Waals surface area contributed by atoms with Crippen molar-refractivity contribution in [2.24, 2.45) is 5.92 Å². The number of hydrogen-bond donors (Lipinski definition) is 1. The first kappa shape index (κ1) is 12.0. The van der Waals surface area contributed by atoms with Gasteiger partial charge in [-0.25, -0.2) is 0 Å². The van der Waals surface area contributed by atoms with Crippen LogP contribution in [0.15, 0.2) is 0 Å². The molecule has 84 valence electrons. The molecule has 1 aliphatic carbocycles. The molecule has 0 atom stereocenters. The minimum atomic E-state index is 0.368.